The number of rotatable bonds is 4. The molecule has 2 atom stereocenters. The van der Waals surface area contributed by atoms with E-state index in [0.717, 1.165) is 24.2 Å². The summed E-state index contributed by atoms with van der Waals surface area (Å²) in [5.74, 6) is 0.950. The molecule has 0 saturated heterocycles. The predicted octanol–water partition coefficient (Wildman–Crippen LogP) is 2.09. The fourth-order valence-corrected chi connectivity index (χ4v) is 2.44. The molecule has 1 heterocycles. The van der Waals surface area contributed by atoms with E-state index in [4.69, 9.17) is 0 Å². The highest BCUT2D eigenvalue weighted by Crippen LogP contribution is 2.27. The first-order chi connectivity index (χ1) is 7.28. The minimum absolute atomic E-state index is 0.719. The average molecular weight is 207 g/mol. The molecule has 0 radical (unpaired) electrons. The van der Waals surface area contributed by atoms with Crippen LogP contribution in [-0.4, -0.2) is 15.8 Å². The van der Waals surface area contributed by atoms with E-state index in [-0.39, 0.29) is 0 Å². The van der Waals surface area contributed by atoms with E-state index < -0.39 is 0 Å². The molecular formula is C12H21N3. The van der Waals surface area contributed by atoms with Crippen LogP contribution in [0.2, 0.25) is 0 Å². The number of hydrogen-bond donors (Lipinski definition) is 1. The molecule has 0 aliphatic heterocycles. The van der Waals surface area contributed by atoms with Gasteiger partial charge in [0.2, 0.25) is 0 Å². The van der Waals surface area contributed by atoms with E-state index in [1.165, 1.54) is 25.7 Å². The van der Waals surface area contributed by atoms with Crippen LogP contribution in [0.5, 0.6) is 0 Å². The molecule has 1 saturated carbocycles. The Hall–Kier alpha value is -0.830. The lowest BCUT2D eigenvalue weighted by molar-refractivity contribution is 0.473. The number of aryl methyl sites for hydroxylation is 1. The predicted molar refractivity (Wildman–Crippen MR) is 61.5 cm³/mol. The van der Waals surface area contributed by atoms with Gasteiger partial charge in [-0.15, -0.1) is 0 Å². The number of nitrogens with zero attached hydrogens (tertiary/aromatic N) is 2. The zero-order chi connectivity index (χ0) is 10.7. The summed E-state index contributed by atoms with van der Waals surface area (Å²) in [6.07, 6.45) is 7.42. The minimum Gasteiger partial charge on any atom is -0.308 e. The fraction of sp³-hybridized carbons (Fsp3) is 0.750. The third-order valence-electron chi connectivity index (χ3n) is 3.46. The van der Waals surface area contributed by atoms with Gasteiger partial charge in [-0.1, -0.05) is 13.3 Å². The van der Waals surface area contributed by atoms with Gasteiger partial charge in [0, 0.05) is 25.8 Å². The van der Waals surface area contributed by atoms with Crippen LogP contribution in [0.25, 0.3) is 0 Å². The summed E-state index contributed by atoms with van der Waals surface area (Å²) in [4.78, 5) is 0. The summed E-state index contributed by atoms with van der Waals surface area (Å²) in [5, 5.41) is 7.96. The van der Waals surface area contributed by atoms with E-state index in [9.17, 15) is 0 Å². The molecule has 1 aromatic rings. The van der Waals surface area contributed by atoms with Gasteiger partial charge in [0.05, 0.1) is 5.69 Å². The van der Waals surface area contributed by atoms with E-state index >= 15 is 0 Å². The molecule has 0 amide bonds. The molecule has 0 aromatic carbocycles. The highest BCUT2D eigenvalue weighted by Gasteiger charge is 2.22. The van der Waals surface area contributed by atoms with Crippen LogP contribution in [0.3, 0.4) is 0 Å². The lowest BCUT2D eigenvalue weighted by Crippen LogP contribution is -2.26. The van der Waals surface area contributed by atoms with Gasteiger partial charge in [-0.25, -0.2) is 0 Å². The second-order valence-corrected chi connectivity index (χ2v) is 4.65. The van der Waals surface area contributed by atoms with Crippen LogP contribution in [0.4, 0.5) is 0 Å². The van der Waals surface area contributed by atoms with Crippen molar-refractivity contribution in [3.8, 4) is 0 Å². The first-order valence-corrected chi connectivity index (χ1v) is 6.00. The Balaban J connectivity index is 1.75. The maximum atomic E-state index is 4.36. The van der Waals surface area contributed by atoms with E-state index in [1.807, 2.05) is 17.9 Å². The fourth-order valence-electron chi connectivity index (χ4n) is 2.44. The summed E-state index contributed by atoms with van der Waals surface area (Å²) in [6, 6.07) is 2.80. The Labute approximate surface area is 91.9 Å². The summed E-state index contributed by atoms with van der Waals surface area (Å²) < 4.78 is 1.86. The van der Waals surface area contributed by atoms with Gasteiger partial charge in [0.15, 0.2) is 0 Å². The Morgan fingerprint density at radius 3 is 3.00 bits per heavy atom. The molecule has 0 spiro atoms. The zero-order valence-electron chi connectivity index (χ0n) is 9.74. The normalized spacial score (nSPS) is 26.0. The number of hydrogen-bond acceptors (Lipinski definition) is 2. The van der Waals surface area contributed by atoms with Crippen molar-refractivity contribution in [3.05, 3.63) is 18.0 Å². The lowest BCUT2D eigenvalue weighted by Gasteiger charge is -2.11. The first-order valence-electron chi connectivity index (χ1n) is 6.00. The second-order valence-electron chi connectivity index (χ2n) is 4.65. The van der Waals surface area contributed by atoms with Crippen molar-refractivity contribution in [2.75, 3.05) is 0 Å². The molecule has 1 fully saturated rings. The Morgan fingerprint density at radius 1 is 1.53 bits per heavy atom. The van der Waals surface area contributed by atoms with E-state index in [0.29, 0.717) is 0 Å². The molecule has 84 valence electrons. The van der Waals surface area contributed by atoms with Crippen molar-refractivity contribution >= 4 is 0 Å². The second kappa shape index (κ2) is 4.79. The van der Waals surface area contributed by atoms with Crippen LogP contribution in [-0.2, 0) is 13.6 Å². The molecule has 1 aliphatic carbocycles. The highest BCUT2D eigenvalue weighted by molar-refractivity contribution is 4.98. The van der Waals surface area contributed by atoms with Gasteiger partial charge in [-0.05, 0) is 31.2 Å². The van der Waals surface area contributed by atoms with Crippen LogP contribution in [0, 0.1) is 5.92 Å². The molecule has 0 bridgehead atoms. The van der Waals surface area contributed by atoms with Crippen LogP contribution >= 0.6 is 0 Å². The molecule has 1 aliphatic rings. The average Bonchev–Trinajstić information content (AvgIpc) is 2.83. The SMILES string of the molecule is CCC1CCC(NCc2ccn(C)n2)C1. The summed E-state index contributed by atoms with van der Waals surface area (Å²) in [6.45, 7) is 3.22. The molecule has 2 unspecified atom stereocenters. The monoisotopic (exact) mass is 207 g/mol. The molecular weight excluding hydrogens is 186 g/mol. The minimum atomic E-state index is 0.719. The number of nitrogens with one attached hydrogen (secondary N) is 1. The van der Waals surface area contributed by atoms with Gasteiger partial charge in [0.25, 0.3) is 0 Å². The van der Waals surface area contributed by atoms with Crippen molar-refractivity contribution in [2.24, 2.45) is 13.0 Å². The van der Waals surface area contributed by atoms with Crippen LogP contribution < -0.4 is 5.32 Å². The van der Waals surface area contributed by atoms with Crippen molar-refractivity contribution in [2.45, 2.75) is 45.2 Å². The van der Waals surface area contributed by atoms with E-state index in [1.54, 1.807) is 0 Å². The quantitative estimate of drug-likeness (QED) is 0.819. The first kappa shape index (κ1) is 10.7. The van der Waals surface area contributed by atoms with Crippen molar-refractivity contribution in [1.29, 1.82) is 0 Å². The van der Waals surface area contributed by atoms with Crippen molar-refractivity contribution in [1.82, 2.24) is 15.1 Å². The Bertz CT molecular complexity index is 306. The Morgan fingerprint density at radius 2 is 2.40 bits per heavy atom. The third kappa shape index (κ3) is 2.81. The van der Waals surface area contributed by atoms with Gasteiger partial charge in [-0.3, -0.25) is 4.68 Å². The highest BCUT2D eigenvalue weighted by atomic mass is 15.3. The van der Waals surface area contributed by atoms with Gasteiger partial charge >= 0.3 is 0 Å². The van der Waals surface area contributed by atoms with Crippen molar-refractivity contribution in [3.63, 3.8) is 0 Å². The lowest BCUT2D eigenvalue weighted by atomic mass is 10.1. The zero-order valence-corrected chi connectivity index (χ0v) is 9.74. The molecule has 2 rings (SSSR count). The summed E-state index contributed by atoms with van der Waals surface area (Å²) in [7, 11) is 1.96. The molecule has 1 N–H and O–H groups in total. The van der Waals surface area contributed by atoms with Gasteiger partial charge < -0.3 is 5.32 Å². The topological polar surface area (TPSA) is 29.9 Å². The molecule has 15 heavy (non-hydrogen) atoms. The maximum Gasteiger partial charge on any atom is 0.0762 e. The molecule has 1 aromatic heterocycles. The smallest absolute Gasteiger partial charge is 0.0762 e. The standard InChI is InChI=1S/C12H21N3/c1-3-10-4-5-11(8-10)13-9-12-6-7-15(2)14-12/h6-7,10-11,13H,3-5,8-9H2,1-2H3. The Kier molecular flexibility index (Phi) is 3.41. The summed E-state index contributed by atoms with van der Waals surface area (Å²) >= 11 is 0. The van der Waals surface area contributed by atoms with Crippen LogP contribution in [0.1, 0.15) is 38.3 Å². The molecule has 3 heteroatoms. The van der Waals surface area contributed by atoms with Gasteiger partial charge in [-0.2, -0.15) is 5.10 Å². The largest absolute Gasteiger partial charge is 0.308 e. The number of aromatic nitrogens is 2. The van der Waals surface area contributed by atoms with Crippen LogP contribution in [0.15, 0.2) is 12.3 Å². The van der Waals surface area contributed by atoms with E-state index in [2.05, 4.69) is 23.4 Å². The summed E-state index contributed by atoms with van der Waals surface area (Å²) in [5.41, 5.74) is 1.15. The van der Waals surface area contributed by atoms with Crippen molar-refractivity contribution < 1.29 is 0 Å². The maximum absolute atomic E-state index is 4.36. The molecule has 3 nitrogen and oxygen atoms in total. The van der Waals surface area contributed by atoms with Gasteiger partial charge in [0.1, 0.15) is 0 Å². The third-order valence-corrected chi connectivity index (χ3v) is 3.46.